The second-order valence-corrected chi connectivity index (χ2v) is 11.6. The van der Waals surface area contributed by atoms with E-state index >= 15 is 8.78 Å². The number of halogens is 2. The molecule has 4 aliphatic carbocycles. The summed E-state index contributed by atoms with van der Waals surface area (Å²) in [7, 11) is 0. The van der Waals surface area contributed by atoms with Crippen LogP contribution in [0.4, 0.5) is 8.78 Å². The molecule has 38 heavy (non-hydrogen) atoms. The summed E-state index contributed by atoms with van der Waals surface area (Å²) < 4.78 is 36.1. The normalized spacial score (nSPS) is 26.8. The molecule has 1 aromatic rings. The van der Waals surface area contributed by atoms with Crippen molar-refractivity contribution in [3.05, 3.63) is 64.3 Å². The number of aryl methyl sites for hydroxylation is 1. The minimum atomic E-state index is -2.79. The van der Waals surface area contributed by atoms with Gasteiger partial charge in [-0.1, -0.05) is 54.8 Å². The van der Waals surface area contributed by atoms with Crippen molar-refractivity contribution in [2.75, 3.05) is 6.61 Å². The van der Waals surface area contributed by atoms with E-state index in [0.29, 0.717) is 32.3 Å². The smallest absolute Gasteiger partial charge is 0.306 e. The van der Waals surface area contributed by atoms with Crippen LogP contribution in [0.3, 0.4) is 0 Å². The summed E-state index contributed by atoms with van der Waals surface area (Å²) in [6, 6.07) is 5.91. The zero-order chi connectivity index (χ0) is 27.0. The number of fused-ring (bicyclic) bond motifs is 5. The van der Waals surface area contributed by atoms with Crippen LogP contribution in [0.1, 0.15) is 75.0 Å². The number of carboxylic acid groups (broad SMARTS) is 1. The van der Waals surface area contributed by atoms with Gasteiger partial charge in [0.25, 0.3) is 5.92 Å². The average Bonchev–Trinajstić information content (AvgIpc) is 3.79. The topological polar surface area (TPSA) is 63.6 Å². The van der Waals surface area contributed by atoms with Crippen LogP contribution in [-0.2, 0) is 20.7 Å². The number of ketones is 1. The number of benzene rings is 1. The summed E-state index contributed by atoms with van der Waals surface area (Å²) in [5.41, 5.74) is 5.67. The molecule has 0 bridgehead atoms. The third kappa shape index (κ3) is 6.01. The zero-order valence-electron chi connectivity index (χ0n) is 22.3. The summed E-state index contributed by atoms with van der Waals surface area (Å²) in [5, 5.41) is 9.71. The van der Waals surface area contributed by atoms with Gasteiger partial charge in [0.15, 0.2) is 5.78 Å². The third-order valence-electron chi connectivity index (χ3n) is 8.50. The van der Waals surface area contributed by atoms with Crippen LogP contribution in [0.25, 0.3) is 5.57 Å². The lowest BCUT2D eigenvalue weighted by molar-refractivity contribution is -0.143. The minimum Gasteiger partial charge on any atom is -0.481 e. The van der Waals surface area contributed by atoms with E-state index in [1.807, 2.05) is 31.2 Å². The molecule has 4 atom stereocenters. The molecule has 0 radical (unpaired) electrons. The Balaban J connectivity index is 1.41. The second-order valence-electron chi connectivity index (χ2n) is 11.6. The summed E-state index contributed by atoms with van der Waals surface area (Å²) >= 11 is 0. The lowest BCUT2D eigenvalue weighted by atomic mass is 9.79. The molecule has 6 heteroatoms. The molecule has 4 aliphatic rings. The molecule has 2 saturated carbocycles. The Morgan fingerprint density at radius 2 is 1.97 bits per heavy atom. The highest BCUT2D eigenvalue weighted by Gasteiger charge is 2.44. The molecule has 0 aliphatic heterocycles. The molecule has 1 aromatic carbocycles. The van der Waals surface area contributed by atoms with Gasteiger partial charge in [-0.25, -0.2) is 8.78 Å². The van der Waals surface area contributed by atoms with Gasteiger partial charge in [-0.15, -0.1) is 0 Å². The maximum atomic E-state index is 15.2. The van der Waals surface area contributed by atoms with Crippen molar-refractivity contribution >= 4 is 17.3 Å². The molecular weight excluding hydrogens is 486 g/mol. The first-order valence-corrected chi connectivity index (χ1v) is 14.2. The number of carbonyl (C=O) groups is 2. The lowest BCUT2D eigenvalue weighted by Gasteiger charge is -2.26. The predicted molar refractivity (Wildman–Crippen MR) is 143 cm³/mol. The van der Waals surface area contributed by atoms with Crippen LogP contribution in [0.15, 0.2) is 47.6 Å². The molecule has 3 unspecified atom stereocenters. The predicted octanol–water partition coefficient (Wildman–Crippen LogP) is 7.11. The number of aliphatic carboxylic acids is 1. The number of carboxylic acids is 1. The molecule has 0 heterocycles. The molecular formula is C32H38F2O4. The van der Waals surface area contributed by atoms with E-state index < -0.39 is 29.6 Å². The highest BCUT2D eigenvalue weighted by atomic mass is 19.3. The molecule has 204 valence electrons. The summed E-state index contributed by atoms with van der Waals surface area (Å²) in [4.78, 5) is 25.2. The van der Waals surface area contributed by atoms with Crippen LogP contribution in [0, 0.1) is 30.6 Å². The molecule has 1 N–H and O–H groups in total. The van der Waals surface area contributed by atoms with E-state index in [9.17, 15) is 14.7 Å². The van der Waals surface area contributed by atoms with Gasteiger partial charge in [0, 0.05) is 30.8 Å². The van der Waals surface area contributed by atoms with Crippen LogP contribution < -0.4 is 0 Å². The van der Waals surface area contributed by atoms with Gasteiger partial charge in [0.2, 0.25) is 0 Å². The summed E-state index contributed by atoms with van der Waals surface area (Å²) in [6.45, 7) is 4.20. The van der Waals surface area contributed by atoms with Gasteiger partial charge in [-0.2, -0.15) is 0 Å². The maximum absolute atomic E-state index is 15.2. The van der Waals surface area contributed by atoms with E-state index in [4.69, 9.17) is 4.74 Å². The fourth-order valence-corrected chi connectivity index (χ4v) is 6.00. The van der Waals surface area contributed by atoms with E-state index in [2.05, 4.69) is 0 Å². The van der Waals surface area contributed by atoms with Crippen LogP contribution in [0.2, 0.25) is 0 Å². The Bertz CT molecular complexity index is 1190. The fourth-order valence-electron chi connectivity index (χ4n) is 6.00. The Hall–Kier alpha value is -2.60. The Labute approximate surface area is 223 Å². The standard InChI is InChI=1S/C32H38F2O4/c1-3-11-32(33,34)24-14-21-5-4-19(2)13-26(21)29-18-30(35)22(16-28(29)27-17-23(27)15-24)7-6-20(31(36)37)10-12-38-25-8-9-25/h4-5,13,15-16,18,20,22,24-25,27H,3,6-12,14,17H2,1-2H3,(H,36,37)/b23-15+/t20?,22?,24-,27?/m1/s1. The van der Waals surface area contributed by atoms with E-state index in [1.165, 1.54) is 0 Å². The SMILES string of the molecule is CCCC(F)(F)[C@H]1/C=C2\CC2C2=CC(CCC(CCOC3CC3)C(=O)O)C(=O)C=C2c2cc(C)ccc2C1. The van der Waals surface area contributed by atoms with Crippen molar-refractivity contribution in [1.29, 1.82) is 0 Å². The molecule has 5 rings (SSSR count). The summed E-state index contributed by atoms with van der Waals surface area (Å²) in [5.74, 6) is -5.44. The molecule has 2 fully saturated rings. The number of carbonyl (C=O) groups excluding carboxylic acids is 1. The second kappa shape index (κ2) is 10.9. The Kier molecular flexibility index (Phi) is 7.72. The maximum Gasteiger partial charge on any atom is 0.306 e. The number of ether oxygens (including phenoxy) is 1. The van der Waals surface area contributed by atoms with Crippen LogP contribution >= 0.6 is 0 Å². The first kappa shape index (κ1) is 27.0. The van der Waals surface area contributed by atoms with E-state index in [1.54, 1.807) is 19.1 Å². The van der Waals surface area contributed by atoms with Crippen molar-refractivity contribution in [3.63, 3.8) is 0 Å². The van der Waals surface area contributed by atoms with Gasteiger partial charge in [-0.05, 0) is 80.2 Å². The van der Waals surface area contributed by atoms with Crippen LogP contribution in [-0.4, -0.2) is 35.5 Å². The Morgan fingerprint density at radius 1 is 1.18 bits per heavy atom. The molecule has 4 nitrogen and oxygen atoms in total. The number of alkyl halides is 2. The fraction of sp³-hybridized carbons (Fsp3) is 0.562. The number of allylic oxidation sites excluding steroid dienone is 6. The molecule has 0 amide bonds. The van der Waals surface area contributed by atoms with Gasteiger partial charge >= 0.3 is 5.97 Å². The molecule has 0 saturated heterocycles. The average molecular weight is 525 g/mol. The van der Waals surface area contributed by atoms with Crippen molar-refractivity contribution in [2.24, 2.45) is 23.7 Å². The van der Waals surface area contributed by atoms with E-state index in [-0.39, 0.29) is 30.6 Å². The van der Waals surface area contributed by atoms with E-state index in [0.717, 1.165) is 52.7 Å². The Morgan fingerprint density at radius 3 is 2.68 bits per heavy atom. The first-order chi connectivity index (χ1) is 18.2. The third-order valence-corrected chi connectivity index (χ3v) is 8.50. The van der Waals surface area contributed by atoms with Crippen molar-refractivity contribution < 1.29 is 28.2 Å². The minimum absolute atomic E-state index is 0.0344. The van der Waals surface area contributed by atoms with Gasteiger partial charge in [0.05, 0.1) is 12.0 Å². The van der Waals surface area contributed by atoms with Crippen LogP contribution in [0.5, 0.6) is 0 Å². The highest BCUT2D eigenvalue weighted by Crippen LogP contribution is 2.53. The number of hydrogen-bond donors (Lipinski definition) is 1. The monoisotopic (exact) mass is 524 g/mol. The lowest BCUT2D eigenvalue weighted by Crippen LogP contribution is -2.28. The summed E-state index contributed by atoms with van der Waals surface area (Å²) in [6.07, 6.45) is 10.5. The zero-order valence-corrected chi connectivity index (χ0v) is 22.3. The largest absolute Gasteiger partial charge is 0.481 e. The van der Waals surface area contributed by atoms with Crippen molar-refractivity contribution in [3.8, 4) is 0 Å². The molecule has 0 spiro atoms. The van der Waals surface area contributed by atoms with Gasteiger partial charge < -0.3 is 9.84 Å². The van der Waals surface area contributed by atoms with Gasteiger partial charge in [-0.3, -0.25) is 9.59 Å². The first-order valence-electron chi connectivity index (χ1n) is 14.2. The van der Waals surface area contributed by atoms with Crippen molar-refractivity contribution in [2.45, 2.75) is 83.7 Å². The quantitative estimate of drug-likeness (QED) is 0.314. The molecule has 0 aromatic heterocycles. The highest BCUT2D eigenvalue weighted by molar-refractivity contribution is 6.06. The van der Waals surface area contributed by atoms with Gasteiger partial charge in [0.1, 0.15) is 0 Å². The van der Waals surface area contributed by atoms with Crippen molar-refractivity contribution in [1.82, 2.24) is 0 Å². The number of rotatable bonds is 11. The number of hydrogen-bond acceptors (Lipinski definition) is 3.